The predicted octanol–water partition coefficient (Wildman–Crippen LogP) is 0.582. The van der Waals surface area contributed by atoms with E-state index in [0.29, 0.717) is 17.8 Å². The van der Waals surface area contributed by atoms with Crippen molar-refractivity contribution in [2.45, 2.75) is 37.3 Å². The lowest BCUT2D eigenvalue weighted by molar-refractivity contribution is -0.139. The number of carbonyl (C=O) groups excluding carboxylic acids is 1. The summed E-state index contributed by atoms with van der Waals surface area (Å²) in [6, 6.07) is 3.60. The third-order valence-corrected chi connectivity index (χ3v) is 4.69. The summed E-state index contributed by atoms with van der Waals surface area (Å²) in [5, 5.41) is 14.4. The van der Waals surface area contributed by atoms with E-state index in [4.69, 9.17) is 9.47 Å². The molecule has 2 aliphatic rings. The highest BCUT2D eigenvalue weighted by molar-refractivity contribution is 5.94. The van der Waals surface area contributed by atoms with Crippen LogP contribution < -0.4 is 5.32 Å². The molecule has 2 aromatic rings. The van der Waals surface area contributed by atoms with E-state index in [-0.39, 0.29) is 17.6 Å². The van der Waals surface area contributed by atoms with Gasteiger partial charge in [-0.3, -0.25) is 4.79 Å². The van der Waals surface area contributed by atoms with Gasteiger partial charge in [-0.1, -0.05) is 0 Å². The number of tetrazole rings is 1. The minimum absolute atomic E-state index is 0.100. The Balaban J connectivity index is 1.45. The Kier molecular flexibility index (Phi) is 3.70. The Hall–Kier alpha value is -2.06. The summed E-state index contributed by atoms with van der Waals surface area (Å²) in [5.41, 5.74) is 1.04. The van der Waals surface area contributed by atoms with Crippen LogP contribution in [-0.2, 0) is 9.47 Å². The summed E-state index contributed by atoms with van der Waals surface area (Å²) >= 11 is 0. The SMILES string of the molecule is O=C(N[C@H]1CCOC2(CCOCC2)C1)c1ccc2nnnn2c1. The zero-order valence-electron chi connectivity index (χ0n) is 12.8. The van der Waals surface area contributed by atoms with Crippen molar-refractivity contribution < 1.29 is 14.3 Å². The molecule has 1 N–H and O–H groups in total. The zero-order chi connectivity index (χ0) is 15.7. The van der Waals surface area contributed by atoms with Crippen molar-refractivity contribution >= 4 is 11.6 Å². The average molecular weight is 317 g/mol. The number of aromatic nitrogens is 4. The van der Waals surface area contributed by atoms with Crippen LogP contribution in [0.1, 0.15) is 36.0 Å². The maximum Gasteiger partial charge on any atom is 0.253 e. The molecule has 8 heteroatoms. The van der Waals surface area contributed by atoms with Crippen molar-refractivity contribution in [3.8, 4) is 0 Å². The van der Waals surface area contributed by atoms with Gasteiger partial charge in [0.2, 0.25) is 0 Å². The highest BCUT2D eigenvalue weighted by Crippen LogP contribution is 2.34. The van der Waals surface area contributed by atoms with Gasteiger partial charge in [0.25, 0.3) is 5.91 Å². The third-order valence-electron chi connectivity index (χ3n) is 4.69. The summed E-state index contributed by atoms with van der Waals surface area (Å²) in [7, 11) is 0. The number of ether oxygens (including phenoxy) is 2. The molecular weight excluding hydrogens is 298 g/mol. The van der Waals surface area contributed by atoms with Gasteiger partial charge in [0.05, 0.1) is 11.2 Å². The van der Waals surface area contributed by atoms with Crippen LogP contribution >= 0.6 is 0 Å². The Morgan fingerprint density at radius 2 is 2.17 bits per heavy atom. The minimum atomic E-state index is -0.131. The number of fused-ring (bicyclic) bond motifs is 1. The number of nitrogens with one attached hydrogen (secondary N) is 1. The van der Waals surface area contributed by atoms with Crippen LogP contribution in [0.5, 0.6) is 0 Å². The number of rotatable bonds is 2. The Morgan fingerprint density at radius 3 is 3.04 bits per heavy atom. The number of hydrogen-bond acceptors (Lipinski definition) is 6. The molecule has 2 fully saturated rings. The zero-order valence-corrected chi connectivity index (χ0v) is 12.8. The lowest BCUT2D eigenvalue weighted by Gasteiger charge is -2.43. The van der Waals surface area contributed by atoms with Crippen molar-refractivity contribution in [3.63, 3.8) is 0 Å². The van der Waals surface area contributed by atoms with Gasteiger partial charge in [-0.25, -0.2) is 0 Å². The van der Waals surface area contributed by atoms with Crippen molar-refractivity contribution in [2.75, 3.05) is 19.8 Å². The predicted molar refractivity (Wildman–Crippen MR) is 80.0 cm³/mol. The minimum Gasteiger partial charge on any atom is -0.381 e. The third kappa shape index (κ3) is 2.91. The van der Waals surface area contributed by atoms with Gasteiger partial charge in [0.15, 0.2) is 5.65 Å². The van der Waals surface area contributed by atoms with E-state index in [1.807, 2.05) is 0 Å². The molecule has 122 valence electrons. The van der Waals surface area contributed by atoms with E-state index in [1.165, 1.54) is 4.52 Å². The monoisotopic (exact) mass is 317 g/mol. The lowest BCUT2D eigenvalue weighted by Crippen LogP contribution is -2.51. The fourth-order valence-corrected chi connectivity index (χ4v) is 3.39. The van der Waals surface area contributed by atoms with Crippen LogP contribution in [0, 0.1) is 0 Å². The largest absolute Gasteiger partial charge is 0.381 e. The van der Waals surface area contributed by atoms with Gasteiger partial charge in [-0.05, 0) is 48.2 Å². The van der Waals surface area contributed by atoms with Gasteiger partial charge in [0.1, 0.15) is 0 Å². The van der Waals surface area contributed by atoms with Gasteiger partial charge in [-0.15, -0.1) is 5.10 Å². The molecule has 0 unspecified atom stereocenters. The topological polar surface area (TPSA) is 90.6 Å². The molecule has 0 radical (unpaired) electrons. The molecular formula is C15H19N5O3. The smallest absolute Gasteiger partial charge is 0.253 e. The number of nitrogens with zero attached hydrogens (tertiary/aromatic N) is 4. The maximum absolute atomic E-state index is 12.5. The van der Waals surface area contributed by atoms with Crippen molar-refractivity contribution in [2.24, 2.45) is 0 Å². The summed E-state index contributed by atoms with van der Waals surface area (Å²) in [5.74, 6) is -0.100. The molecule has 0 bridgehead atoms. The molecule has 0 saturated carbocycles. The van der Waals surface area contributed by atoms with Gasteiger partial charge < -0.3 is 14.8 Å². The molecule has 0 aliphatic carbocycles. The standard InChI is InChI=1S/C15H19N5O3/c21-14(11-1-2-13-17-18-19-20(13)10-11)16-12-3-6-23-15(9-12)4-7-22-8-5-15/h1-2,10,12H,3-9H2,(H,16,21)/t12-/m0/s1. The number of amides is 1. The van der Waals surface area contributed by atoms with E-state index in [9.17, 15) is 4.79 Å². The average Bonchev–Trinajstić information content (AvgIpc) is 3.03. The van der Waals surface area contributed by atoms with Crippen molar-refractivity contribution in [1.82, 2.24) is 25.4 Å². The van der Waals surface area contributed by atoms with E-state index < -0.39 is 0 Å². The van der Waals surface area contributed by atoms with Crippen LogP contribution in [0.4, 0.5) is 0 Å². The summed E-state index contributed by atoms with van der Waals surface area (Å²) in [4.78, 5) is 12.5. The Bertz CT molecular complexity index is 704. The maximum atomic E-state index is 12.5. The van der Waals surface area contributed by atoms with E-state index in [1.54, 1.807) is 18.3 Å². The summed E-state index contributed by atoms with van der Waals surface area (Å²) < 4.78 is 12.9. The first-order chi connectivity index (χ1) is 11.2. The quantitative estimate of drug-likeness (QED) is 0.871. The van der Waals surface area contributed by atoms with Crippen LogP contribution in [0.2, 0.25) is 0 Å². The second-order valence-electron chi connectivity index (χ2n) is 6.21. The summed E-state index contributed by atoms with van der Waals surface area (Å²) in [6.45, 7) is 2.14. The van der Waals surface area contributed by atoms with Crippen LogP contribution in [0.15, 0.2) is 18.3 Å². The highest BCUT2D eigenvalue weighted by atomic mass is 16.5. The normalized spacial score (nSPS) is 23.9. The van der Waals surface area contributed by atoms with Gasteiger partial charge >= 0.3 is 0 Å². The first kappa shape index (κ1) is 14.5. The van der Waals surface area contributed by atoms with Crippen LogP contribution in [0.25, 0.3) is 5.65 Å². The fraction of sp³-hybridized carbons (Fsp3) is 0.600. The first-order valence-corrected chi connectivity index (χ1v) is 7.94. The Labute approximate surface area is 133 Å². The molecule has 2 aromatic heterocycles. The second kappa shape index (κ2) is 5.86. The first-order valence-electron chi connectivity index (χ1n) is 7.94. The molecule has 23 heavy (non-hydrogen) atoms. The highest BCUT2D eigenvalue weighted by Gasteiger charge is 2.39. The van der Waals surface area contributed by atoms with E-state index in [2.05, 4.69) is 20.8 Å². The van der Waals surface area contributed by atoms with E-state index in [0.717, 1.165) is 38.9 Å². The molecule has 4 rings (SSSR count). The fourth-order valence-electron chi connectivity index (χ4n) is 3.39. The molecule has 8 nitrogen and oxygen atoms in total. The van der Waals surface area contributed by atoms with E-state index >= 15 is 0 Å². The van der Waals surface area contributed by atoms with Crippen molar-refractivity contribution in [3.05, 3.63) is 23.9 Å². The molecule has 1 amide bonds. The van der Waals surface area contributed by atoms with Gasteiger partial charge in [0, 0.05) is 32.1 Å². The van der Waals surface area contributed by atoms with Gasteiger partial charge in [-0.2, -0.15) is 4.52 Å². The molecule has 0 aromatic carbocycles. The molecule has 4 heterocycles. The van der Waals surface area contributed by atoms with Crippen molar-refractivity contribution in [1.29, 1.82) is 0 Å². The Morgan fingerprint density at radius 1 is 1.30 bits per heavy atom. The second-order valence-corrected chi connectivity index (χ2v) is 6.21. The number of carbonyl (C=O) groups is 1. The number of pyridine rings is 1. The molecule has 2 saturated heterocycles. The lowest BCUT2D eigenvalue weighted by atomic mass is 9.84. The number of hydrogen-bond donors (Lipinski definition) is 1. The summed E-state index contributed by atoms with van der Waals surface area (Å²) in [6.07, 6.45) is 5.12. The molecule has 1 atom stereocenters. The molecule has 2 aliphatic heterocycles. The molecule has 1 spiro atoms. The van der Waals surface area contributed by atoms with Crippen LogP contribution in [-0.4, -0.2) is 57.4 Å². The van der Waals surface area contributed by atoms with Crippen LogP contribution in [0.3, 0.4) is 0 Å².